The summed E-state index contributed by atoms with van der Waals surface area (Å²) in [6, 6.07) is 4.36. The minimum absolute atomic E-state index is 0.325. The van der Waals surface area contributed by atoms with E-state index >= 15 is 0 Å². The van der Waals surface area contributed by atoms with E-state index in [-0.39, 0.29) is 0 Å². The van der Waals surface area contributed by atoms with Crippen LogP contribution in [0.15, 0.2) is 18.3 Å². The third-order valence-corrected chi connectivity index (χ3v) is 4.87. The second-order valence-electron chi connectivity index (χ2n) is 7.12. The van der Waals surface area contributed by atoms with Crippen molar-refractivity contribution in [3.63, 3.8) is 0 Å². The Balaban J connectivity index is 1.71. The summed E-state index contributed by atoms with van der Waals surface area (Å²) < 4.78 is 0. The molecule has 0 amide bonds. The van der Waals surface area contributed by atoms with Gasteiger partial charge in [-0.3, -0.25) is 9.88 Å². The Hall–Kier alpha value is -0.890. The fourth-order valence-electron chi connectivity index (χ4n) is 3.62. The average Bonchev–Trinajstić information content (AvgIpc) is 2.65. The van der Waals surface area contributed by atoms with E-state index in [0.717, 1.165) is 0 Å². The molecular formula is C16H24N2. The Bertz CT molecular complexity index is 410. The number of hydrogen-bond acceptors (Lipinski definition) is 2. The van der Waals surface area contributed by atoms with E-state index in [9.17, 15) is 0 Å². The highest BCUT2D eigenvalue weighted by atomic mass is 15.2. The molecule has 0 radical (unpaired) electrons. The second kappa shape index (κ2) is 4.06. The van der Waals surface area contributed by atoms with Gasteiger partial charge in [0.2, 0.25) is 0 Å². The van der Waals surface area contributed by atoms with Crippen molar-refractivity contribution in [2.45, 2.75) is 52.0 Å². The number of fused-ring (bicyclic) bond motifs is 1. The SMILES string of the molecule is CC(C)(C)N1CCC2(CC1)Cc1cccnc1C2. The lowest BCUT2D eigenvalue weighted by Crippen LogP contribution is -2.49. The lowest BCUT2D eigenvalue weighted by molar-refractivity contribution is 0.0470. The maximum atomic E-state index is 4.56. The molecule has 1 aromatic rings. The smallest absolute Gasteiger partial charge is 0.0441 e. The normalized spacial score (nSPS) is 23.3. The van der Waals surface area contributed by atoms with Crippen LogP contribution in [0.2, 0.25) is 0 Å². The summed E-state index contributed by atoms with van der Waals surface area (Å²) in [5.74, 6) is 0. The fourth-order valence-corrected chi connectivity index (χ4v) is 3.62. The molecule has 1 fully saturated rings. The van der Waals surface area contributed by atoms with Crippen LogP contribution in [0.4, 0.5) is 0 Å². The standard InChI is InChI=1S/C16H24N2/c1-15(2,3)18-9-6-16(7-10-18)11-13-5-4-8-17-14(13)12-16/h4-5,8H,6-7,9-12H2,1-3H3. The molecule has 3 rings (SSSR count). The molecule has 2 heteroatoms. The molecule has 1 spiro atoms. The lowest BCUT2D eigenvalue weighted by Gasteiger charge is -2.45. The highest BCUT2D eigenvalue weighted by Crippen LogP contribution is 2.44. The predicted octanol–water partition coefficient (Wildman–Crippen LogP) is 3.06. The molecule has 1 aromatic heterocycles. The van der Waals surface area contributed by atoms with Crippen molar-refractivity contribution in [3.8, 4) is 0 Å². The van der Waals surface area contributed by atoms with Crippen molar-refractivity contribution < 1.29 is 0 Å². The summed E-state index contributed by atoms with van der Waals surface area (Å²) in [4.78, 5) is 7.20. The van der Waals surface area contributed by atoms with E-state index in [2.05, 4.69) is 42.8 Å². The van der Waals surface area contributed by atoms with Crippen LogP contribution in [-0.2, 0) is 12.8 Å². The van der Waals surface area contributed by atoms with E-state index < -0.39 is 0 Å². The first-order valence-electron chi connectivity index (χ1n) is 7.16. The second-order valence-corrected chi connectivity index (χ2v) is 7.12. The van der Waals surface area contributed by atoms with Crippen LogP contribution in [0.3, 0.4) is 0 Å². The summed E-state index contributed by atoms with van der Waals surface area (Å²) in [6.45, 7) is 9.48. The molecule has 0 atom stereocenters. The monoisotopic (exact) mass is 244 g/mol. The molecule has 0 saturated carbocycles. The number of likely N-dealkylation sites (tertiary alicyclic amines) is 1. The van der Waals surface area contributed by atoms with Crippen molar-refractivity contribution >= 4 is 0 Å². The van der Waals surface area contributed by atoms with E-state index in [1.54, 1.807) is 0 Å². The Kier molecular flexibility index (Phi) is 2.74. The average molecular weight is 244 g/mol. The Labute approximate surface area is 110 Å². The first-order chi connectivity index (χ1) is 8.49. The van der Waals surface area contributed by atoms with E-state index in [4.69, 9.17) is 0 Å². The number of hydrogen-bond donors (Lipinski definition) is 0. The highest BCUT2D eigenvalue weighted by Gasteiger charge is 2.41. The molecule has 0 bridgehead atoms. The summed E-state index contributed by atoms with van der Waals surface area (Å²) >= 11 is 0. The van der Waals surface area contributed by atoms with Gasteiger partial charge in [-0.25, -0.2) is 0 Å². The van der Waals surface area contributed by atoms with Gasteiger partial charge < -0.3 is 0 Å². The van der Waals surface area contributed by atoms with Crippen molar-refractivity contribution in [1.82, 2.24) is 9.88 Å². The molecule has 0 unspecified atom stereocenters. The Morgan fingerprint density at radius 3 is 2.50 bits per heavy atom. The molecule has 98 valence electrons. The van der Waals surface area contributed by atoms with Gasteiger partial charge >= 0.3 is 0 Å². The number of nitrogens with zero attached hydrogens (tertiary/aromatic N) is 2. The number of aromatic nitrogens is 1. The van der Waals surface area contributed by atoms with Crippen LogP contribution in [0.25, 0.3) is 0 Å². The molecule has 1 saturated heterocycles. The first kappa shape index (κ1) is 12.2. The fraction of sp³-hybridized carbons (Fsp3) is 0.688. The van der Waals surface area contributed by atoms with Gasteiger partial charge in [0, 0.05) is 17.4 Å². The summed E-state index contributed by atoms with van der Waals surface area (Å²) in [6.07, 6.45) is 7.08. The van der Waals surface area contributed by atoms with Gasteiger partial charge in [-0.15, -0.1) is 0 Å². The topological polar surface area (TPSA) is 16.1 Å². The molecular weight excluding hydrogens is 220 g/mol. The van der Waals surface area contributed by atoms with Crippen molar-refractivity contribution in [2.75, 3.05) is 13.1 Å². The molecule has 2 heterocycles. The quantitative estimate of drug-likeness (QED) is 0.697. The Morgan fingerprint density at radius 2 is 1.89 bits per heavy atom. The van der Waals surface area contributed by atoms with Gasteiger partial charge in [0.15, 0.2) is 0 Å². The minimum Gasteiger partial charge on any atom is -0.298 e. The number of piperidine rings is 1. The summed E-state index contributed by atoms with van der Waals surface area (Å²) in [7, 11) is 0. The zero-order valence-electron chi connectivity index (χ0n) is 11.9. The van der Waals surface area contributed by atoms with E-state index in [1.165, 1.54) is 50.0 Å². The lowest BCUT2D eigenvalue weighted by atomic mass is 9.75. The van der Waals surface area contributed by atoms with Gasteiger partial charge in [-0.2, -0.15) is 0 Å². The number of rotatable bonds is 0. The maximum absolute atomic E-state index is 4.56. The van der Waals surface area contributed by atoms with Gasteiger partial charge in [0.05, 0.1) is 0 Å². The van der Waals surface area contributed by atoms with Crippen LogP contribution in [0.1, 0.15) is 44.9 Å². The highest BCUT2D eigenvalue weighted by molar-refractivity contribution is 5.29. The van der Waals surface area contributed by atoms with Crippen LogP contribution in [-0.4, -0.2) is 28.5 Å². The predicted molar refractivity (Wildman–Crippen MR) is 74.6 cm³/mol. The van der Waals surface area contributed by atoms with Crippen molar-refractivity contribution in [2.24, 2.45) is 5.41 Å². The van der Waals surface area contributed by atoms with Crippen LogP contribution in [0.5, 0.6) is 0 Å². The summed E-state index contributed by atoms with van der Waals surface area (Å²) in [5, 5.41) is 0. The molecule has 0 N–H and O–H groups in total. The summed E-state index contributed by atoms with van der Waals surface area (Å²) in [5.41, 5.74) is 3.72. The first-order valence-corrected chi connectivity index (χ1v) is 7.16. The van der Waals surface area contributed by atoms with Crippen molar-refractivity contribution in [1.29, 1.82) is 0 Å². The van der Waals surface area contributed by atoms with Gasteiger partial charge in [0.1, 0.15) is 0 Å². The third kappa shape index (κ3) is 2.07. The van der Waals surface area contributed by atoms with Crippen LogP contribution >= 0.6 is 0 Å². The molecule has 0 aromatic carbocycles. The van der Waals surface area contributed by atoms with Crippen LogP contribution < -0.4 is 0 Å². The molecule has 1 aliphatic heterocycles. The zero-order chi connectivity index (χ0) is 12.8. The van der Waals surface area contributed by atoms with Crippen LogP contribution in [0, 0.1) is 5.41 Å². The maximum Gasteiger partial charge on any atom is 0.0441 e. The Morgan fingerprint density at radius 1 is 1.17 bits per heavy atom. The van der Waals surface area contributed by atoms with Gasteiger partial charge in [-0.1, -0.05) is 6.07 Å². The third-order valence-electron chi connectivity index (χ3n) is 4.87. The molecule has 2 aliphatic rings. The van der Waals surface area contributed by atoms with Gasteiger partial charge in [-0.05, 0) is 76.6 Å². The van der Waals surface area contributed by atoms with Gasteiger partial charge in [0.25, 0.3) is 0 Å². The number of pyridine rings is 1. The van der Waals surface area contributed by atoms with E-state index in [0.29, 0.717) is 11.0 Å². The molecule has 1 aliphatic carbocycles. The largest absolute Gasteiger partial charge is 0.298 e. The molecule has 18 heavy (non-hydrogen) atoms. The minimum atomic E-state index is 0.325. The molecule has 2 nitrogen and oxygen atoms in total. The zero-order valence-corrected chi connectivity index (χ0v) is 11.9. The van der Waals surface area contributed by atoms with Crippen molar-refractivity contribution in [3.05, 3.63) is 29.6 Å². The van der Waals surface area contributed by atoms with E-state index in [1.807, 2.05) is 6.20 Å².